The van der Waals surface area contributed by atoms with Crippen molar-refractivity contribution in [3.8, 4) is 16.9 Å². The fourth-order valence-electron chi connectivity index (χ4n) is 3.07. The second-order valence-corrected chi connectivity index (χ2v) is 8.32. The van der Waals surface area contributed by atoms with Crippen molar-refractivity contribution in [2.75, 3.05) is 30.0 Å². The van der Waals surface area contributed by atoms with Crippen molar-refractivity contribution < 1.29 is 24.0 Å². The lowest BCUT2D eigenvalue weighted by Gasteiger charge is -2.17. The van der Waals surface area contributed by atoms with Gasteiger partial charge in [0.1, 0.15) is 29.7 Å². The maximum Gasteiger partial charge on any atom is 0.331 e. The van der Waals surface area contributed by atoms with Crippen LogP contribution in [-0.4, -0.2) is 62.6 Å². The number of carbonyl (C=O) groups is 2. The van der Waals surface area contributed by atoms with Crippen molar-refractivity contribution in [2.24, 2.45) is 0 Å². The van der Waals surface area contributed by atoms with Gasteiger partial charge in [-0.05, 0) is 47.1 Å². The first-order valence-electron chi connectivity index (χ1n) is 9.37. The Morgan fingerprint density at radius 3 is 2.87 bits per heavy atom. The Morgan fingerprint density at radius 2 is 2.20 bits per heavy atom. The standard InChI is InChI=1S/C21H23N3O5S/c1-2-9-30(28)13-18(21(26)27)23-20-6-4-16(11-22-20)15-3-5-19-17(10-15)12-24(14-25)7-8-29-19/h2-6,10-11,14,18H,1,7-9,12-13H2,(H,22,23)(H,26,27)/t18-,30?/m0/s1. The Balaban J connectivity index is 1.74. The fourth-order valence-corrected chi connectivity index (χ4v) is 4.07. The summed E-state index contributed by atoms with van der Waals surface area (Å²) in [7, 11) is 0. The third-order valence-corrected chi connectivity index (χ3v) is 5.90. The minimum absolute atomic E-state index is 0.0389. The molecule has 1 unspecified atom stereocenters. The second kappa shape index (κ2) is 10.1. The molecule has 0 radical (unpaired) electrons. The molecule has 8 nitrogen and oxygen atoms in total. The molecule has 2 heterocycles. The van der Waals surface area contributed by atoms with E-state index in [1.807, 2.05) is 24.3 Å². The average Bonchev–Trinajstić information content (AvgIpc) is 2.95. The van der Waals surface area contributed by atoms with Gasteiger partial charge in [-0.3, -0.25) is 4.79 Å². The molecule has 30 heavy (non-hydrogen) atoms. The van der Waals surface area contributed by atoms with Gasteiger partial charge in [-0.15, -0.1) is 0 Å². The van der Waals surface area contributed by atoms with Gasteiger partial charge in [0.15, 0.2) is 6.04 Å². The number of nitrogens with zero attached hydrogens (tertiary/aromatic N) is 2. The van der Waals surface area contributed by atoms with E-state index in [-0.39, 0.29) is 11.5 Å². The molecule has 1 aromatic carbocycles. The number of hydrogen-bond donors (Lipinski definition) is 2. The first-order valence-corrected chi connectivity index (χ1v) is 10.9. The molecule has 0 bridgehead atoms. The number of nitrogens with one attached hydrogen (secondary N) is 1. The number of benzene rings is 1. The summed E-state index contributed by atoms with van der Waals surface area (Å²) in [6.07, 6.45) is 3.95. The fraction of sp³-hybridized carbons (Fsp3) is 0.286. The Hall–Kier alpha value is -3.04. The molecule has 0 spiro atoms. The van der Waals surface area contributed by atoms with Crippen molar-refractivity contribution in [1.82, 2.24) is 9.88 Å². The lowest BCUT2D eigenvalue weighted by molar-refractivity contribution is -0.137. The maximum atomic E-state index is 11.9. The number of ether oxygens (including phenoxy) is 1. The van der Waals surface area contributed by atoms with Gasteiger partial charge in [0.25, 0.3) is 0 Å². The third-order valence-electron chi connectivity index (χ3n) is 4.59. The maximum absolute atomic E-state index is 11.9. The number of fused-ring (bicyclic) bond motifs is 1. The zero-order valence-electron chi connectivity index (χ0n) is 16.3. The van der Waals surface area contributed by atoms with E-state index in [4.69, 9.17) is 4.74 Å². The van der Waals surface area contributed by atoms with E-state index in [1.54, 1.807) is 17.2 Å². The van der Waals surface area contributed by atoms with Crippen LogP contribution in [0.1, 0.15) is 5.56 Å². The third kappa shape index (κ3) is 5.52. The van der Waals surface area contributed by atoms with Crippen LogP contribution in [0.25, 0.3) is 11.1 Å². The Kier molecular flexibility index (Phi) is 7.31. The molecule has 1 aliphatic rings. The van der Waals surface area contributed by atoms with Crippen LogP contribution in [-0.2, 0) is 27.3 Å². The molecule has 1 aromatic heterocycles. The molecule has 0 saturated heterocycles. The van der Waals surface area contributed by atoms with Gasteiger partial charge < -0.3 is 24.6 Å². The van der Waals surface area contributed by atoms with Crippen LogP contribution in [0, 0.1) is 0 Å². The van der Waals surface area contributed by atoms with Crippen molar-refractivity contribution in [3.05, 3.63) is 54.7 Å². The Bertz CT molecular complexity index is 906. The summed E-state index contributed by atoms with van der Waals surface area (Å²) in [5.41, 5.74) is 2.66. The van der Waals surface area contributed by atoms with Crippen LogP contribution in [0.4, 0.5) is 5.82 Å². The van der Waals surface area contributed by atoms with E-state index in [9.17, 15) is 19.2 Å². The molecule has 9 heteroatoms. The number of aliphatic carboxylic acids is 1. The topological polar surface area (TPSA) is 115 Å². The van der Waals surface area contributed by atoms with Gasteiger partial charge in [-0.1, -0.05) is 12.6 Å². The Labute approximate surface area is 177 Å². The summed E-state index contributed by atoms with van der Waals surface area (Å²) in [5, 5.41) is 12.2. The number of rotatable bonds is 9. The average molecular weight is 429 g/mol. The van der Waals surface area contributed by atoms with E-state index in [0.717, 1.165) is 28.8 Å². The summed E-state index contributed by atoms with van der Waals surface area (Å²) in [5.74, 6) is 0.242. The highest BCUT2D eigenvalue weighted by Crippen LogP contribution is 2.29. The van der Waals surface area contributed by atoms with Crippen molar-refractivity contribution in [1.29, 1.82) is 0 Å². The van der Waals surface area contributed by atoms with E-state index >= 15 is 0 Å². The van der Waals surface area contributed by atoms with Crippen molar-refractivity contribution in [2.45, 2.75) is 12.6 Å². The van der Waals surface area contributed by atoms with E-state index in [0.29, 0.717) is 25.5 Å². The van der Waals surface area contributed by atoms with Gasteiger partial charge in [-0.25, -0.2) is 9.78 Å². The summed E-state index contributed by atoms with van der Waals surface area (Å²) >= 11 is -1.32. The molecule has 3 rings (SSSR count). The van der Waals surface area contributed by atoms with E-state index < -0.39 is 23.2 Å². The largest absolute Gasteiger partial charge is 0.616 e. The number of carboxylic acid groups (broad SMARTS) is 1. The highest BCUT2D eigenvalue weighted by molar-refractivity contribution is 7.91. The highest BCUT2D eigenvalue weighted by atomic mass is 32.2. The molecule has 2 aromatic rings. The van der Waals surface area contributed by atoms with Crippen LogP contribution in [0.2, 0.25) is 0 Å². The minimum Gasteiger partial charge on any atom is -0.616 e. The summed E-state index contributed by atoms with van der Waals surface area (Å²) in [4.78, 5) is 28.6. The first-order chi connectivity index (χ1) is 14.5. The number of aromatic nitrogens is 1. The quantitative estimate of drug-likeness (QED) is 0.355. The number of amides is 1. The van der Waals surface area contributed by atoms with Crippen molar-refractivity contribution >= 4 is 29.4 Å². The zero-order valence-corrected chi connectivity index (χ0v) is 17.1. The van der Waals surface area contributed by atoms with Crippen LogP contribution in [0.5, 0.6) is 5.75 Å². The molecule has 0 aliphatic carbocycles. The zero-order chi connectivity index (χ0) is 21.5. The smallest absolute Gasteiger partial charge is 0.331 e. The van der Waals surface area contributed by atoms with Gasteiger partial charge in [0, 0.05) is 23.9 Å². The normalized spacial score (nSPS) is 15.2. The molecule has 0 fully saturated rings. The van der Waals surface area contributed by atoms with Crippen molar-refractivity contribution in [3.63, 3.8) is 0 Å². The molecule has 0 saturated carbocycles. The highest BCUT2D eigenvalue weighted by Gasteiger charge is 2.24. The molecule has 1 amide bonds. The predicted molar refractivity (Wildman–Crippen MR) is 115 cm³/mol. The second-order valence-electron chi connectivity index (χ2n) is 6.78. The van der Waals surface area contributed by atoms with E-state index in [2.05, 4.69) is 16.9 Å². The van der Waals surface area contributed by atoms with Crippen LogP contribution < -0.4 is 10.1 Å². The molecule has 158 valence electrons. The van der Waals surface area contributed by atoms with E-state index in [1.165, 1.54) is 6.08 Å². The van der Waals surface area contributed by atoms with Gasteiger partial charge in [0.2, 0.25) is 6.41 Å². The van der Waals surface area contributed by atoms with Gasteiger partial charge in [0.05, 0.1) is 6.54 Å². The predicted octanol–water partition coefficient (Wildman–Crippen LogP) is 1.90. The molecule has 1 aliphatic heterocycles. The summed E-state index contributed by atoms with van der Waals surface area (Å²) in [6, 6.07) is 8.24. The summed E-state index contributed by atoms with van der Waals surface area (Å²) < 4.78 is 17.5. The number of carboxylic acids is 1. The molecule has 2 N–H and O–H groups in total. The van der Waals surface area contributed by atoms with Gasteiger partial charge in [-0.2, -0.15) is 0 Å². The number of pyridine rings is 1. The number of hydrogen-bond acceptors (Lipinski definition) is 6. The van der Waals surface area contributed by atoms with Crippen LogP contribution >= 0.6 is 0 Å². The lowest BCUT2D eigenvalue weighted by Crippen LogP contribution is -2.37. The summed E-state index contributed by atoms with van der Waals surface area (Å²) in [6.45, 7) is 4.98. The number of anilines is 1. The van der Waals surface area contributed by atoms with Crippen LogP contribution in [0.15, 0.2) is 49.2 Å². The molecular formula is C21H23N3O5S. The van der Waals surface area contributed by atoms with Crippen LogP contribution in [0.3, 0.4) is 0 Å². The van der Waals surface area contributed by atoms with Gasteiger partial charge >= 0.3 is 5.97 Å². The monoisotopic (exact) mass is 429 g/mol. The minimum atomic E-state index is -1.32. The number of carbonyl (C=O) groups excluding carboxylic acids is 1. The first kappa shape index (κ1) is 21.7. The lowest BCUT2D eigenvalue weighted by atomic mass is 10.0. The molecule has 2 atom stereocenters. The molecular weight excluding hydrogens is 406 g/mol. The Morgan fingerprint density at radius 1 is 1.40 bits per heavy atom. The SMILES string of the molecule is C=CC[S+]([O-])C[C@H](Nc1ccc(-c2ccc3c(c2)CN(C=O)CCO3)cn1)C(=O)O.